The molecule has 93 valence electrons. The van der Waals surface area contributed by atoms with Crippen LogP contribution in [0.25, 0.3) is 0 Å². The number of nitrogens with two attached hydrogens (primary N) is 2. The van der Waals surface area contributed by atoms with Crippen LogP contribution >= 0.6 is 0 Å². The molecular formula is C12H18AsN2O2. The van der Waals surface area contributed by atoms with E-state index in [9.17, 15) is 4.79 Å². The molecule has 4 N–H and O–H groups in total. The molecule has 0 aliphatic carbocycles. The first-order valence-corrected chi connectivity index (χ1v) is 7.22. The molecule has 1 aromatic rings. The average Bonchev–Trinajstić information content (AvgIpc) is 2.18. The number of carbonyl (C=O) groups is 1. The quantitative estimate of drug-likeness (QED) is 0.644. The molecule has 4 nitrogen and oxygen atoms in total. The third-order valence-electron chi connectivity index (χ3n) is 1.94. The van der Waals surface area contributed by atoms with Gasteiger partial charge >= 0.3 is 108 Å². The molecule has 1 radical (unpaired) electrons. The summed E-state index contributed by atoms with van der Waals surface area (Å²) in [6, 6.07) is 5.55. The van der Waals surface area contributed by atoms with Crippen LogP contribution in [-0.4, -0.2) is 26.1 Å². The van der Waals surface area contributed by atoms with Crippen LogP contribution in [0.2, 0.25) is 0 Å². The normalized spacial score (nSPS) is 12.0. The number of hydrogen-bond donors (Lipinski definition) is 2. The number of ether oxygens (including phenoxy) is 1. The summed E-state index contributed by atoms with van der Waals surface area (Å²) in [7, 11) is 0. The summed E-state index contributed by atoms with van der Waals surface area (Å²) in [5.41, 5.74) is 12.5. The fourth-order valence-electron chi connectivity index (χ4n) is 1.20. The van der Waals surface area contributed by atoms with E-state index in [1.165, 1.54) is 0 Å². The summed E-state index contributed by atoms with van der Waals surface area (Å²) in [6.45, 7) is 6.01. The maximum absolute atomic E-state index is 11.7. The van der Waals surface area contributed by atoms with Gasteiger partial charge in [0.15, 0.2) is 0 Å². The van der Waals surface area contributed by atoms with E-state index < -0.39 is 21.4 Å². The van der Waals surface area contributed by atoms with Crippen LogP contribution in [0.4, 0.5) is 10.5 Å². The van der Waals surface area contributed by atoms with Crippen molar-refractivity contribution < 1.29 is 9.53 Å². The van der Waals surface area contributed by atoms with E-state index in [0.29, 0.717) is 12.2 Å². The molecular weight excluding hydrogens is 279 g/mol. The molecule has 0 aliphatic rings. The Morgan fingerprint density at radius 1 is 1.41 bits per heavy atom. The Morgan fingerprint density at radius 2 is 2.06 bits per heavy atom. The van der Waals surface area contributed by atoms with Gasteiger partial charge in [-0.2, -0.15) is 0 Å². The monoisotopic (exact) mass is 297 g/mol. The van der Waals surface area contributed by atoms with Crippen molar-refractivity contribution in [2.75, 3.05) is 5.73 Å². The van der Waals surface area contributed by atoms with Crippen LogP contribution in [0.1, 0.15) is 26.3 Å². The minimum absolute atomic E-state index is 0.186. The van der Waals surface area contributed by atoms with Crippen LogP contribution in [0.3, 0.4) is 0 Å². The SMILES string of the molecule is CC(C)(C)OC(=O)[As]c1cc(CN)ccc1N. The zero-order chi connectivity index (χ0) is 13.1. The third kappa shape index (κ3) is 4.80. The topological polar surface area (TPSA) is 78.3 Å². The first-order chi connectivity index (χ1) is 7.81. The standard InChI is InChI=1S/C12H18AsN2O2/c1-12(2,3)17-11(16)13-9-6-8(7-14)4-5-10(9)15/h4-6H,7,14-15H2,1-3H3. The fraction of sp³-hybridized carbons (Fsp3) is 0.417. The van der Waals surface area contributed by atoms with Gasteiger partial charge in [0.1, 0.15) is 0 Å². The summed E-state index contributed by atoms with van der Waals surface area (Å²) >= 11 is -0.731. The molecule has 0 fully saturated rings. The Balaban J connectivity index is 2.77. The molecule has 0 saturated heterocycles. The Kier molecular flexibility index (Phi) is 4.60. The Bertz CT molecular complexity index is 413. The molecule has 0 spiro atoms. The molecule has 0 atom stereocenters. The van der Waals surface area contributed by atoms with Gasteiger partial charge < -0.3 is 0 Å². The Morgan fingerprint density at radius 3 is 2.59 bits per heavy atom. The van der Waals surface area contributed by atoms with Gasteiger partial charge in [-0.1, -0.05) is 0 Å². The van der Waals surface area contributed by atoms with Crippen molar-refractivity contribution in [2.24, 2.45) is 5.73 Å². The molecule has 0 heterocycles. The second-order valence-corrected chi connectivity index (χ2v) is 6.94. The zero-order valence-corrected chi connectivity index (χ0v) is 12.2. The Hall–Kier alpha value is -0.992. The van der Waals surface area contributed by atoms with Gasteiger partial charge in [0, 0.05) is 0 Å². The van der Waals surface area contributed by atoms with Gasteiger partial charge in [-0.05, 0) is 0 Å². The van der Waals surface area contributed by atoms with Gasteiger partial charge in [-0.15, -0.1) is 0 Å². The molecule has 1 rings (SSSR count). The van der Waals surface area contributed by atoms with Crippen molar-refractivity contribution in [2.45, 2.75) is 32.9 Å². The van der Waals surface area contributed by atoms with Gasteiger partial charge in [0.2, 0.25) is 0 Å². The zero-order valence-electron chi connectivity index (χ0n) is 10.4. The van der Waals surface area contributed by atoms with E-state index in [1.807, 2.05) is 32.9 Å². The van der Waals surface area contributed by atoms with E-state index in [2.05, 4.69) is 0 Å². The van der Waals surface area contributed by atoms with Crippen molar-refractivity contribution in [3.63, 3.8) is 0 Å². The van der Waals surface area contributed by atoms with Gasteiger partial charge in [0.25, 0.3) is 0 Å². The molecule has 17 heavy (non-hydrogen) atoms. The predicted octanol–water partition coefficient (Wildman–Crippen LogP) is 0.992. The summed E-state index contributed by atoms with van der Waals surface area (Å²) < 4.78 is 5.96. The first-order valence-electron chi connectivity index (χ1n) is 5.35. The molecule has 0 aromatic heterocycles. The van der Waals surface area contributed by atoms with E-state index in [0.717, 1.165) is 9.91 Å². The first kappa shape index (κ1) is 14.1. The van der Waals surface area contributed by atoms with Crippen molar-refractivity contribution in [3.05, 3.63) is 23.8 Å². The van der Waals surface area contributed by atoms with Crippen LogP contribution < -0.4 is 15.8 Å². The van der Waals surface area contributed by atoms with E-state index in [1.54, 1.807) is 6.07 Å². The second kappa shape index (κ2) is 5.56. The van der Waals surface area contributed by atoms with E-state index in [4.69, 9.17) is 16.2 Å². The number of nitrogen functional groups attached to an aromatic ring is 1. The van der Waals surface area contributed by atoms with E-state index >= 15 is 0 Å². The number of anilines is 1. The third-order valence-corrected chi connectivity index (χ3v) is 3.83. The van der Waals surface area contributed by atoms with Gasteiger partial charge in [-0.3, -0.25) is 0 Å². The number of rotatable bonds is 3. The number of carbonyl (C=O) groups excluding carboxylic acids is 1. The molecule has 5 heteroatoms. The van der Waals surface area contributed by atoms with Crippen molar-refractivity contribution >= 4 is 30.5 Å². The second-order valence-electron chi connectivity index (χ2n) is 4.69. The molecule has 0 unspecified atom stereocenters. The molecule has 0 bridgehead atoms. The van der Waals surface area contributed by atoms with Crippen LogP contribution in [0, 0.1) is 0 Å². The Labute approximate surface area is 108 Å². The van der Waals surface area contributed by atoms with Crippen molar-refractivity contribution in [1.29, 1.82) is 0 Å². The molecule has 0 saturated carbocycles. The van der Waals surface area contributed by atoms with Gasteiger partial charge in [0.05, 0.1) is 0 Å². The summed E-state index contributed by atoms with van der Waals surface area (Å²) in [6.07, 6.45) is 0. The fourth-order valence-corrected chi connectivity index (χ4v) is 3.19. The average molecular weight is 297 g/mol. The summed E-state index contributed by atoms with van der Waals surface area (Å²) in [5, 5.41) is 0. The van der Waals surface area contributed by atoms with Crippen molar-refractivity contribution in [3.8, 4) is 0 Å². The molecule has 0 aliphatic heterocycles. The minimum atomic E-state index is -0.731. The van der Waals surface area contributed by atoms with Gasteiger partial charge in [-0.25, -0.2) is 0 Å². The summed E-state index contributed by atoms with van der Waals surface area (Å²) in [4.78, 5) is 11.7. The predicted molar refractivity (Wildman–Crippen MR) is 70.4 cm³/mol. The number of benzene rings is 1. The number of hydrogen-bond acceptors (Lipinski definition) is 4. The van der Waals surface area contributed by atoms with Crippen molar-refractivity contribution in [1.82, 2.24) is 0 Å². The van der Waals surface area contributed by atoms with Crippen LogP contribution in [0.15, 0.2) is 18.2 Å². The molecule has 1 aromatic carbocycles. The van der Waals surface area contributed by atoms with Crippen LogP contribution in [-0.2, 0) is 11.3 Å². The summed E-state index contributed by atoms with van der Waals surface area (Å²) in [5.74, 6) is 0. The van der Waals surface area contributed by atoms with Crippen LogP contribution in [0.5, 0.6) is 0 Å². The molecule has 0 amide bonds. The maximum atomic E-state index is 11.7. The van der Waals surface area contributed by atoms with E-state index in [-0.39, 0.29) is 4.76 Å².